The lowest BCUT2D eigenvalue weighted by Crippen LogP contribution is -2.49. The molecule has 1 amide bonds. The first-order valence-electron chi connectivity index (χ1n) is 8.79. The van der Waals surface area contributed by atoms with Gasteiger partial charge in [0, 0.05) is 38.1 Å². The molecule has 1 aliphatic rings. The Labute approximate surface area is 166 Å². The van der Waals surface area contributed by atoms with Crippen molar-refractivity contribution in [2.24, 2.45) is 0 Å². The molecule has 1 fully saturated rings. The molecule has 0 radical (unpaired) electrons. The van der Waals surface area contributed by atoms with Gasteiger partial charge in [0.2, 0.25) is 5.91 Å². The molecule has 1 aromatic carbocycles. The Hall–Kier alpha value is -2.32. The number of carbonyl (C=O) groups is 1. The van der Waals surface area contributed by atoms with Gasteiger partial charge in [-0.05, 0) is 25.1 Å². The number of pyridine rings is 1. The third kappa shape index (κ3) is 5.14. The van der Waals surface area contributed by atoms with Gasteiger partial charge < -0.3 is 10.2 Å². The highest BCUT2D eigenvalue weighted by Crippen LogP contribution is 2.33. The molecule has 0 saturated carbocycles. The normalized spacial score (nSPS) is 15.5. The number of amides is 1. The molecule has 3 rings (SSSR count). The highest BCUT2D eigenvalue weighted by molar-refractivity contribution is 6.33. The van der Waals surface area contributed by atoms with E-state index in [1.807, 2.05) is 41.0 Å². The monoisotopic (exact) mass is 412 g/mol. The van der Waals surface area contributed by atoms with Crippen LogP contribution in [0, 0.1) is 6.92 Å². The average Bonchev–Trinajstić information content (AvgIpc) is 2.63. The Morgan fingerprint density at radius 3 is 2.39 bits per heavy atom. The number of rotatable bonds is 4. The summed E-state index contributed by atoms with van der Waals surface area (Å²) in [5, 5.41) is 2.83. The van der Waals surface area contributed by atoms with Crippen LogP contribution in [-0.4, -0.2) is 48.5 Å². The molecule has 1 saturated heterocycles. The van der Waals surface area contributed by atoms with Gasteiger partial charge in [0.25, 0.3) is 0 Å². The Morgan fingerprint density at radius 2 is 1.82 bits per heavy atom. The third-order valence-corrected chi connectivity index (χ3v) is 4.80. The molecule has 5 nitrogen and oxygen atoms in total. The Morgan fingerprint density at radius 1 is 1.18 bits per heavy atom. The summed E-state index contributed by atoms with van der Waals surface area (Å²) in [4.78, 5) is 19.9. The van der Waals surface area contributed by atoms with E-state index in [0.717, 1.165) is 23.5 Å². The smallest absolute Gasteiger partial charge is 0.353 e. The summed E-state index contributed by atoms with van der Waals surface area (Å²) in [6, 6.07) is 8.45. The summed E-state index contributed by atoms with van der Waals surface area (Å²) >= 11 is 6.01. The van der Waals surface area contributed by atoms with Crippen LogP contribution in [0.5, 0.6) is 0 Å². The number of alkyl halides is 3. The van der Waals surface area contributed by atoms with Crippen LogP contribution in [0.2, 0.25) is 5.02 Å². The minimum atomic E-state index is -4.47. The van der Waals surface area contributed by atoms with E-state index in [-0.39, 0.29) is 17.5 Å². The van der Waals surface area contributed by atoms with E-state index >= 15 is 0 Å². The third-order valence-electron chi connectivity index (χ3n) is 4.52. The number of nitrogens with one attached hydrogen (secondary N) is 1. The van der Waals surface area contributed by atoms with Crippen molar-refractivity contribution < 1.29 is 18.0 Å². The predicted octanol–water partition coefficient (Wildman–Crippen LogP) is 3.82. The molecule has 0 unspecified atom stereocenters. The summed E-state index contributed by atoms with van der Waals surface area (Å²) in [5.41, 5.74) is 0.993. The van der Waals surface area contributed by atoms with Crippen molar-refractivity contribution in [3.8, 4) is 0 Å². The summed E-state index contributed by atoms with van der Waals surface area (Å²) in [5.74, 6) is 0.224. The van der Waals surface area contributed by atoms with Crippen molar-refractivity contribution in [1.29, 1.82) is 0 Å². The lowest BCUT2D eigenvalue weighted by molar-refractivity contribution is -0.137. The Bertz CT molecular complexity index is 834. The lowest BCUT2D eigenvalue weighted by Gasteiger charge is -2.35. The van der Waals surface area contributed by atoms with Crippen molar-refractivity contribution in [3.63, 3.8) is 0 Å². The topological polar surface area (TPSA) is 48.5 Å². The second kappa shape index (κ2) is 8.36. The first-order valence-corrected chi connectivity index (χ1v) is 9.17. The van der Waals surface area contributed by atoms with Crippen molar-refractivity contribution in [3.05, 3.63) is 52.7 Å². The summed E-state index contributed by atoms with van der Waals surface area (Å²) in [6.45, 7) is 4.44. The van der Waals surface area contributed by atoms with E-state index in [4.69, 9.17) is 11.6 Å². The van der Waals surface area contributed by atoms with Crippen molar-refractivity contribution in [2.75, 3.05) is 42.9 Å². The van der Waals surface area contributed by atoms with E-state index < -0.39 is 11.7 Å². The standard InChI is InChI=1S/C19H20ClF3N4O/c1-13-2-4-15(5-3-13)25-17(28)12-26-6-8-27(9-7-26)18-16(20)10-14(11-24-18)19(21,22)23/h2-5,10-11H,6-9,12H2,1H3,(H,25,28). The van der Waals surface area contributed by atoms with Gasteiger partial charge in [0.1, 0.15) is 5.82 Å². The van der Waals surface area contributed by atoms with E-state index in [9.17, 15) is 18.0 Å². The second-order valence-corrected chi connectivity index (χ2v) is 7.11. The molecule has 1 aromatic heterocycles. The highest BCUT2D eigenvalue weighted by atomic mass is 35.5. The second-order valence-electron chi connectivity index (χ2n) is 6.70. The number of anilines is 2. The number of aryl methyl sites for hydroxylation is 1. The quantitative estimate of drug-likeness (QED) is 0.829. The van der Waals surface area contributed by atoms with Gasteiger partial charge in [-0.1, -0.05) is 29.3 Å². The molecule has 1 N–H and O–H groups in total. The highest BCUT2D eigenvalue weighted by Gasteiger charge is 2.32. The first kappa shape index (κ1) is 20.4. The van der Waals surface area contributed by atoms with Crippen LogP contribution in [0.15, 0.2) is 36.5 Å². The molecular weight excluding hydrogens is 393 g/mol. The van der Waals surface area contributed by atoms with Gasteiger partial charge in [-0.25, -0.2) is 4.98 Å². The molecule has 150 valence electrons. The minimum absolute atomic E-state index is 0.0274. The zero-order valence-electron chi connectivity index (χ0n) is 15.3. The molecule has 2 aromatic rings. The number of hydrogen-bond acceptors (Lipinski definition) is 4. The molecule has 9 heteroatoms. The number of carbonyl (C=O) groups excluding carboxylic acids is 1. The maximum atomic E-state index is 12.7. The van der Waals surface area contributed by atoms with Gasteiger partial charge >= 0.3 is 6.18 Å². The maximum Gasteiger partial charge on any atom is 0.417 e. The number of piperazine rings is 1. The molecule has 1 aliphatic heterocycles. The fourth-order valence-electron chi connectivity index (χ4n) is 2.98. The van der Waals surface area contributed by atoms with Crippen LogP contribution in [0.4, 0.5) is 24.7 Å². The number of benzene rings is 1. The summed E-state index contributed by atoms with van der Waals surface area (Å²) < 4.78 is 38.2. The van der Waals surface area contributed by atoms with Crippen LogP contribution in [-0.2, 0) is 11.0 Å². The van der Waals surface area contributed by atoms with Crippen molar-refractivity contribution in [1.82, 2.24) is 9.88 Å². The van der Waals surface area contributed by atoms with E-state index in [0.29, 0.717) is 32.0 Å². The summed E-state index contributed by atoms with van der Waals surface area (Å²) in [6.07, 6.45) is -3.68. The van der Waals surface area contributed by atoms with Crippen LogP contribution >= 0.6 is 11.6 Å². The van der Waals surface area contributed by atoms with Crippen LogP contribution in [0.1, 0.15) is 11.1 Å². The molecular formula is C19H20ClF3N4O. The summed E-state index contributed by atoms with van der Waals surface area (Å²) in [7, 11) is 0. The fourth-order valence-corrected chi connectivity index (χ4v) is 3.26. The van der Waals surface area contributed by atoms with Crippen molar-refractivity contribution in [2.45, 2.75) is 13.1 Å². The van der Waals surface area contributed by atoms with Crippen LogP contribution in [0.3, 0.4) is 0 Å². The van der Waals surface area contributed by atoms with Gasteiger partial charge in [0.05, 0.1) is 17.1 Å². The molecule has 0 spiro atoms. The largest absolute Gasteiger partial charge is 0.417 e. The number of aromatic nitrogens is 1. The molecule has 2 heterocycles. The maximum absolute atomic E-state index is 12.7. The number of nitrogens with zero attached hydrogens (tertiary/aromatic N) is 3. The lowest BCUT2D eigenvalue weighted by atomic mass is 10.2. The fraction of sp³-hybridized carbons (Fsp3) is 0.368. The number of halogens is 4. The van der Waals surface area contributed by atoms with E-state index in [1.165, 1.54) is 0 Å². The van der Waals surface area contributed by atoms with E-state index in [2.05, 4.69) is 10.3 Å². The molecule has 0 bridgehead atoms. The zero-order chi connectivity index (χ0) is 20.3. The minimum Gasteiger partial charge on any atom is -0.353 e. The van der Waals surface area contributed by atoms with Crippen LogP contribution < -0.4 is 10.2 Å². The van der Waals surface area contributed by atoms with Crippen LogP contribution in [0.25, 0.3) is 0 Å². The van der Waals surface area contributed by atoms with E-state index in [1.54, 1.807) is 0 Å². The predicted molar refractivity (Wildman–Crippen MR) is 103 cm³/mol. The van der Waals surface area contributed by atoms with Crippen molar-refractivity contribution >= 4 is 29.0 Å². The van der Waals surface area contributed by atoms with Gasteiger partial charge in [-0.3, -0.25) is 9.69 Å². The first-order chi connectivity index (χ1) is 13.2. The molecule has 0 atom stereocenters. The molecule has 0 aliphatic carbocycles. The average molecular weight is 413 g/mol. The van der Waals surface area contributed by atoms with Gasteiger partial charge in [0.15, 0.2) is 0 Å². The Kier molecular flexibility index (Phi) is 6.10. The molecule has 28 heavy (non-hydrogen) atoms. The van der Waals surface area contributed by atoms with Gasteiger partial charge in [-0.2, -0.15) is 13.2 Å². The Balaban J connectivity index is 1.53. The van der Waals surface area contributed by atoms with Gasteiger partial charge in [-0.15, -0.1) is 0 Å². The number of hydrogen-bond donors (Lipinski definition) is 1. The zero-order valence-corrected chi connectivity index (χ0v) is 16.0. The SMILES string of the molecule is Cc1ccc(NC(=O)CN2CCN(c3ncc(C(F)(F)F)cc3Cl)CC2)cc1.